The van der Waals surface area contributed by atoms with Gasteiger partial charge in [-0.3, -0.25) is 19.3 Å². The fourth-order valence-electron chi connectivity index (χ4n) is 2.49. The lowest BCUT2D eigenvalue weighted by Gasteiger charge is -2.08. The van der Waals surface area contributed by atoms with Gasteiger partial charge in [0.25, 0.3) is 5.91 Å². The number of nitrogens with two attached hydrogens (primary N) is 1. The number of benzene rings is 1. The number of anilines is 1. The van der Waals surface area contributed by atoms with Crippen LogP contribution in [0.4, 0.5) is 5.69 Å². The molecule has 0 aliphatic heterocycles. The highest BCUT2D eigenvalue weighted by Crippen LogP contribution is 2.19. The summed E-state index contributed by atoms with van der Waals surface area (Å²) in [5, 5.41) is 7.64. The number of nitrogens with zero attached hydrogens (tertiary/aromatic N) is 3. The largest absolute Gasteiger partial charge is 0.368 e. The average Bonchev–Trinajstić information content (AvgIpc) is 2.93. The third-order valence-corrected chi connectivity index (χ3v) is 3.61. The maximum atomic E-state index is 12.5. The molecule has 24 heavy (non-hydrogen) atoms. The summed E-state index contributed by atoms with van der Waals surface area (Å²) in [5.74, 6) is -0.775. The van der Waals surface area contributed by atoms with Crippen LogP contribution in [0.25, 0.3) is 10.9 Å². The number of fused-ring (bicyclic) bond motifs is 1. The van der Waals surface area contributed by atoms with Gasteiger partial charge >= 0.3 is 0 Å². The van der Waals surface area contributed by atoms with Crippen LogP contribution in [0, 0.1) is 13.8 Å². The van der Waals surface area contributed by atoms with E-state index in [1.807, 2.05) is 31.2 Å². The number of nitrogens with one attached hydrogen (secondary N) is 1. The number of carbonyl (C=O) groups excluding carboxylic acids is 2. The van der Waals surface area contributed by atoms with E-state index in [4.69, 9.17) is 5.73 Å². The molecule has 122 valence electrons. The first-order valence-electron chi connectivity index (χ1n) is 7.42. The van der Waals surface area contributed by atoms with Gasteiger partial charge in [0, 0.05) is 11.6 Å². The van der Waals surface area contributed by atoms with Crippen molar-refractivity contribution in [2.24, 2.45) is 5.73 Å². The van der Waals surface area contributed by atoms with Gasteiger partial charge in [0.05, 0.1) is 28.7 Å². The lowest BCUT2D eigenvalue weighted by molar-refractivity contribution is -0.118. The molecule has 2 aromatic heterocycles. The van der Waals surface area contributed by atoms with Crippen LogP contribution in [-0.2, 0) is 11.3 Å². The van der Waals surface area contributed by atoms with Crippen LogP contribution in [0.3, 0.4) is 0 Å². The first-order chi connectivity index (χ1) is 11.4. The SMILES string of the molecule is Cc1ccc2nc(C)c(C(=O)Nc3cnn(CC(N)=O)c3)cc2c1. The first-order valence-corrected chi connectivity index (χ1v) is 7.42. The highest BCUT2D eigenvalue weighted by molar-refractivity contribution is 6.06. The molecular weight excluding hydrogens is 306 g/mol. The molecule has 0 aliphatic rings. The minimum atomic E-state index is -0.499. The smallest absolute Gasteiger partial charge is 0.257 e. The van der Waals surface area contributed by atoms with Gasteiger partial charge in [-0.05, 0) is 32.0 Å². The molecule has 0 radical (unpaired) electrons. The number of carbonyl (C=O) groups is 2. The summed E-state index contributed by atoms with van der Waals surface area (Å²) in [6.07, 6.45) is 3.02. The summed E-state index contributed by atoms with van der Waals surface area (Å²) in [6.45, 7) is 3.75. The molecular formula is C17H17N5O2. The topological polar surface area (TPSA) is 103 Å². The van der Waals surface area contributed by atoms with E-state index in [0.29, 0.717) is 16.9 Å². The average molecular weight is 323 g/mol. The zero-order valence-electron chi connectivity index (χ0n) is 13.4. The number of primary amides is 1. The molecule has 2 heterocycles. The maximum absolute atomic E-state index is 12.5. The Hall–Kier alpha value is -3.22. The number of hydrogen-bond donors (Lipinski definition) is 2. The number of rotatable bonds is 4. The van der Waals surface area contributed by atoms with Crippen molar-refractivity contribution in [1.82, 2.24) is 14.8 Å². The standard InChI is InChI=1S/C17H17N5O2/c1-10-3-4-15-12(5-10)6-14(11(2)20-15)17(24)21-13-7-19-22(8-13)9-16(18)23/h3-8H,9H2,1-2H3,(H2,18,23)(H,21,24). The summed E-state index contributed by atoms with van der Waals surface area (Å²) in [4.78, 5) is 27.9. The zero-order chi connectivity index (χ0) is 17.3. The first kappa shape index (κ1) is 15.7. The molecule has 0 atom stereocenters. The van der Waals surface area contributed by atoms with Crippen molar-refractivity contribution in [1.29, 1.82) is 0 Å². The van der Waals surface area contributed by atoms with Crippen LogP contribution < -0.4 is 11.1 Å². The molecule has 3 aromatic rings. The van der Waals surface area contributed by atoms with E-state index >= 15 is 0 Å². The van der Waals surface area contributed by atoms with Gasteiger partial charge in [0.1, 0.15) is 6.54 Å². The fraction of sp³-hybridized carbons (Fsp3) is 0.176. The lowest BCUT2D eigenvalue weighted by atomic mass is 10.1. The van der Waals surface area contributed by atoms with Gasteiger partial charge < -0.3 is 11.1 Å². The Bertz CT molecular complexity index is 945. The van der Waals surface area contributed by atoms with E-state index in [9.17, 15) is 9.59 Å². The van der Waals surface area contributed by atoms with Crippen LogP contribution in [0.1, 0.15) is 21.6 Å². The van der Waals surface area contributed by atoms with Crippen LogP contribution >= 0.6 is 0 Å². The van der Waals surface area contributed by atoms with Crippen molar-refractivity contribution < 1.29 is 9.59 Å². The van der Waals surface area contributed by atoms with Crippen molar-refractivity contribution in [3.63, 3.8) is 0 Å². The quantitative estimate of drug-likeness (QED) is 0.764. The second-order valence-electron chi connectivity index (χ2n) is 5.66. The Morgan fingerprint density at radius 2 is 2.04 bits per heavy atom. The second kappa shape index (κ2) is 6.11. The Kier molecular flexibility index (Phi) is 3.99. The van der Waals surface area contributed by atoms with E-state index in [2.05, 4.69) is 15.4 Å². The molecule has 0 spiro atoms. The van der Waals surface area contributed by atoms with Gasteiger partial charge in [0.15, 0.2) is 0 Å². The third-order valence-electron chi connectivity index (χ3n) is 3.61. The van der Waals surface area contributed by atoms with Gasteiger partial charge in [0.2, 0.25) is 5.91 Å². The number of aromatic nitrogens is 3. The molecule has 0 fully saturated rings. The fourth-order valence-corrected chi connectivity index (χ4v) is 2.49. The summed E-state index contributed by atoms with van der Waals surface area (Å²) in [7, 11) is 0. The predicted molar refractivity (Wildman–Crippen MR) is 90.6 cm³/mol. The van der Waals surface area contributed by atoms with Crippen molar-refractivity contribution in [3.8, 4) is 0 Å². The van der Waals surface area contributed by atoms with Crippen molar-refractivity contribution in [2.45, 2.75) is 20.4 Å². The Morgan fingerprint density at radius 1 is 1.25 bits per heavy atom. The molecule has 0 unspecified atom stereocenters. The Labute approximate surface area is 138 Å². The van der Waals surface area contributed by atoms with E-state index in [-0.39, 0.29) is 12.5 Å². The van der Waals surface area contributed by atoms with Crippen molar-refractivity contribution in [3.05, 3.63) is 53.5 Å². The normalized spacial score (nSPS) is 10.8. The highest BCUT2D eigenvalue weighted by atomic mass is 16.2. The van der Waals surface area contributed by atoms with Crippen LogP contribution in [0.5, 0.6) is 0 Å². The van der Waals surface area contributed by atoms with E-state index in [1.54, 1.807) is 13.1 Å². The van der Waals surface area contributed by atoms with Crippen molar-refractivity contribution >= 4 is 28.4 Å². The molecule has 0 saturated heterocycles. The molecule has 7 heteroatoms. The molecule has 0 aliphatic carbocycles. The van der Waals surface area contributed by atoms with Crippen molar-refractivity contribution in [2.75, 3.05) is 5.32 Å². The van der Waals surface area contributed by atoms with Gasteiger partial charge in [-0.1, -0.05) is 11.6 Å². The summed E-state index contributed by atoms with van der Waals surface area (Å²) in [6, 6.07) is 7.74. The predicted octanol–water partition coefficient (Wildman–Crippen LogP) is 1.79. The third kappa shape index (κ3) is 3.24. The van der Waals surface area contributed by atoms with Crippen LogP contribution in [0.2, 0.25) is 0 Å². The Balaban J connectivity index is 1.86. The summed E-state index contributed by atoms with van der Waals surface area (Å²) >= 11 is 0. The molecule has 0 bridgehead atoms. The van der Waals surface area contributed by atoms with E-state index in [1.165, 1.54) is 10.9 Å². The monoisotopic (exact) mass is 323 g/mol. The zero-order valence-corrected chi connectivity index (χ0v) is 13.4. The summed E-state index contributed by atoms with van der Waals surface area (Å²) < 4.78 is 1.37. The van der Waals surface area contributed by atoms with E-state index < -0.39 is 5.91 Å². The molecule has 7 nitrogen and oxygen atoms in total. The number of hydrogen-bond acceptors (Lipinski definition) is 4. The number of pyridine rings is 1. The minimum Gasteiger partial charge on any atom is -0.368 e. The molecule has 0 saturated carbocycles. The van der Waals surface area contributed by atoms with Gasteiger partial charge in [-0.25, -0.2) is 0 Å². The maximum Gasteiger partial charge on any atom is 0.257 e. The number of aryl methyl sites for hydroxylation is 2. The van der Waals surface area contributed by atoms with Crippen LogP contribution in [0.15, 0.2) is 36.7 Å². The highest BCUT2D eigenvalue weighted by Gasteiger charge is 2.13. The Morgan fingerprint density at radius 3 is 2.79 bits per heavy atom. The number of amides is 2. The minimum absolute atomic E-state index is 0.0360. The van der Waals surface area contributed by atoms with Gasteiger partial charge in [-0.15, -0.1) is 0 Å². The second-order valence-corrected chi connectivity index (χ2v) is 5.66. The van der Waals surface area contributed by atoms with Gasteiger partial charge in [-0.2, -0.15) is 5.10 Å². The van der Waals surface area contributed by atoms with E-state index in [0.717, 1.165) is 16.5 Å². The molecule has 3 rings (SSSR count). The lowest BCUT2D eigenvalue weighted by Crippen LogP contribution is -2.18. The molecule has 2 amide bonds. The molecule has 1 aromatic carbocycles. The van der Waals surface area contributed by atoms with Crippen LogP contribution in [-0.4, -0.2) is 26.6 Å². The molecule has 3 N–H and O–H groups in total. The summed E-state index contributed by atoms with van der Waals surface area (Å²) in [5.41, 5.74) is 8.70.